The van der Waals surface area contributed by atoms with Gasteiger partial charge in [-0.3, -0.25) is 4.79 Å². The van der Waals surface area contributed by atoms with E-state index in [0.717, 1.165) is 12.1 Å². The molecule has 0 radical (unpaired) electrons. The molecule has 0 N–H and O–H groups in total. The molecule has 10 heteroatoms. The quantitative estimate of drug-likeness (QED) is 0.383. The lowest BCUT2D eigenvalue weighted by Gasteiger charge is -2.37. The van der Waals surface area contributed by atoms with Crippen LogP contribution in [-0.2, 0) is 15.7 Å². The number of anilines is 2. The summed E-state index contributed by atoms with van der Waals surface area (Å²) in [4.78, 5) is 25.6. The predicted molar refractivity (Wildman–Crippen MR) is 125 cm³/mol. The minimum Gasteiger partial charge on any atom is -0.460 e. The van der Waals surface area contributed by atoms with Gasteiger partial charge in [-0.15, -0.1) is 0 Å². The van der Waals surface area contributed by atoms with Crippen LogP contribution in [0.15, 0.2) is 61.2 Å². The maximum atomic E-state index is 13.1. The molecule has 0 unspecified atom stereocenters. The first-order valence-corrected chi connectivity index (χ1v) is 10.9. The molecule has 0 spiro atoms. The molecule has 1 aromatic heterocycles. The lowest BCUT2D eigenvalue weighted by atomic mass is 10.1. The Hall–Kier alpha value is -4.13. The van der Waals surface area contributed by atoms with E-state index >= 15 is 0 Å². The van der Waals surface area contributed by atoms with Crippen LogP contribution < -0.4 is 9.80 Å². The monoisotopic (exact) mass is 481 g/mol. The van der Waals surface area contributed by atoms with Crippen molar-refractivity contribution in [3.63, 3.8) is 0 Å². The molecule has 2 heterocycles. The summed E-state index contributed by atoms with van der Waals surface area (Å²) in [7, 11) is 0. The Labute approximate surface area is 200 Å². The molecule has 1 aliphatic rings. The fourth-order valence-electron chi connectivity index (χ4n) is 3.94. The van der Waals surface area contributed by atoms with E-state index in [-0.39, 0.29) is 12.3 Å². The highest BCUT2D eigenvalue weighted by atomic mass is 19.4. The first-order chi connectivity index (χ1) is 16.8. The molecule has 1 atom stereocenters. The largest absolute Gasteiger partial charge is 0.460 e. The summed E-state index contributed by atoms with van der Waals surface area (Å²) in [6.45, 7) is 5.14. The summed E-state index contributed by atoms with van der Waals surface area (Å²) in [5, 5.41) is 9.76. The van der Waals surface area contributed by atoms with Gasteiger partial charge in [-0.25, -0.2) is 9.97 Å². The van der Waals surface area contributed by atoms with Gasteiger partial charge in [-0.2, -0.15) is 18.4 Å². The summed E-state index contributed by atoms with van der Waals surface area (Å²) >= 11 is 0. The number of alkyl halides is 3. The van der Waals surface area contributed by atoms with Gasteiger partial charge in [0.1, 0.15) is 12.3 Å². The first-order valence-electron chi connectivity index (χ1n) is 10.9. The van der Waals surface area contributed by atoms with Crippen molar-refractivity contribution in [1.82, 2.24) is 9.97 Å². The van der Waals surface area contributed by atoms with Crippen molar-refractivity contribution >= 4 is 28.5 Å². The van der Waals surface area contributed by atoms with Crippen LogP contribution in [0.5, 0.6) is 0 Å². The van der Waals surface area contributed by atoms with Crippen LogP contribution >= 0.6 is 0 Å². The molecule has 1 aliphatic heterocycles. The number of piperazine rings is 1. The molecular formula is C25H22F3N5O2. The van der Waals surface area contributed by atoms with Gasteiger partial charge in [0, 0.05) is 31.9 Å². The van der Waals surface area contributed by atoms with Crippen LogP contribution in [0.4, 0.5) is 24.7 Å². The van der Waals surface area contributed by atoms with Gasteiger partial charge in [-0.1, -0.05) is 30.9 Å². The number of fused-ring (bicyclic) bond motifs is 1. The van der Waals surface area contributed by atoms with E-state index < -0.39 is 23.6 Å². The average molecular weight is 481 g/mol. The van der Waals surface area contributed by atoms with E-state index in [2.05, 4.69) is 11.6 Å². The van der Waals surface area contributed by atoms with E-state index in [4.69, 9.17) is 9.72 Å². The number of rotatable bonds is 6. The average Bonchev–Trinajstić information content (AvgIpc) is 2.87. The summed E-state index contributed by atoms with van der Waals surface area (Å²) in [5.74, 6) is -1.65. The molecule has 7 nitrogen and oxygen atoms in total. The van der Waals surface area contributed by atoms with Gasteiger partial charge in [-0.05, 0) is 30.3 Å². The smallest absolute Gasteiger partial charge is 0.416 e. The predicted octanol–water partition coefficient (Wildman–Crippen LogP) is 4.31. The number of benzene rings is 2. The highest BCUT2D eigenvalue weighted by molar-refractivity contribution is 5.85. The Morgan fingerprint density at radius 1 is 1.09 bits per heavy atom. The molecule has 2 aromatic carbocycles. The van der Waals surface area contributed by atoms with E-state index in [1.54, 1.807) is 24.3 Å². The van der Waals surface area contributed by atoms with Crippen molar-refractivity contribution in [2.45, 2.75) is 12.1 Å². The highest BCUT2D eigenvalue weighted by Crippen LogP contribution is 2.33. The Balaban J connectivity index is 1.63. The van der Waals surface area contributed by atoms with Crippen molar-refractivity contribution in [3.05, 3.63) is 72.4 Å². The minimum absolute atomic E-state index is 0.0387. The van der Waals surface area contributed by atoms with Gasteiger partial charge in [0.15, 0.2) is 11.7 Å². The Bertz CT molecular complexity index is 1280. The standard InChI is InChI=1S/C25H22F3N5O2/c1-2-14-35-24(34)19(16-29)22-23(31-21-9-4-3-8-20(21)30-22)33-12-10-32(11-13-33)18-7-5-6-17(15-18)25(26,27)28/h2-9,15,19H,1,10-14H2/t19-/m1/s1. The maximum absolute atomic E-state index is 13.1. The summed E-state index contributed by atoms with van der Waals surface area (Å²) in [6, 6.07) is 14.3. The topological polar surface area (TPSA) is 82.3 Å². The Kier molecular flexibility index (Phi) is 6.87. The zero-order chi connectivity index (χ0) is 25.0. The van der Waals surface area contributed by atoms with Crippen LogP contribution in [-0.4, -0.2) is 48.7 Å². The molecule has 4 rings (SSSR count). The number of aromatic nitrogens is 2. The van der Waals surface area contributed by atoms with Crippen molar-refractivity contribution in [2.75, 3.05) is 42.6 Å². The van der Waals surface area contributed by atoms with Crippen LogP contribution in [0, 0.1) is 11.3 Å². The maximum Gasteiger partial charge on any atom is 0.416 e. The first kappa shape index (κ1) is 24.0. The van der Waals surface area contributed by atoms with E-state index in [1.807, 2.05) is 21.9 Å². The molecular weight excluding hydrogens is 459 g/mol. The summed E-state index contributed by atoms with van der Waals surface area (Å²) in [5.41, 5.74) is 1.10. The summed E-state index contributed by atoms with van der Waals surface area (Å²) < 4.78 is 44.5. The summed E-state index contributed by atoms with van der Waals surface area (Å²) in [6.07, 6.45) is -3.01. The number of halogens is 3. The number of esters is 1. The second-order valence-electron chi connectivity index (χ2n) is 7.92. The van der Waals surface area contributed by atoms with Crippen molar-refractivity contribution in [3.8, 4) is 6.07 Å². The van der Waals surface area contributed by atoms with Crippen molar-refractivity contribution in [2.24, 2.45) is 0 Å². The number of carbonyl (C=O) groups excluding carboxylic acids is 1. The molecule has 0 bridgehead atoms. The Morgan fingerprint density at radius 2 is 1.74 bits per heavy atom. The third-order valence-corrected chi connectivity index (χ3v) is 5.68. The number of ether oxygens (including phenoxy) is 1. The van der Waals surface area contributed by atoms with Gasteiger partial charge < -0.3 is 14.5 Å². The van der Waals surface area contributed by atoms with E-state index in [9.17, 15) is 23.2 Å². The van der Waals surface area contributed by atoms with Gasteiger partial charge >= 0.3 is 12.1 Å². The second-order valence-corrected chi connectivity index (χ2v) is 7.92. The molecule has 1 saturated heterocycles. The van der Waals surface area contributed by atoms with Crippen LogP contribution in [0.1, 0.15) is 17.2 Å². The van der Waals surface area contributed by atoms with Crippen molar-refractivity contribution in [1.29, 1.82) is 5.26 Å². The van der Waals surface area contributed by atoms with Crippen molar-refractivity contribution < 1.29 is 22.7 Å². The molecule has 35 heavy (non-hydrogen) atoms. The molecule has 0 saturated carbocycles. The molecule has 0 amide bonds. The Morgan fingerprint density at radius 3 is 2.37 bits per heavy atom. The lowest BCUT2D eigenvalue weighted by molar-refractivity contribution is -0.143. The normalized spacial score (nSPS) is 14.9. The minimum atomic E-state index is -4.42. The fourth-order valence-corrected chi connectivity index (χ4v) is 3.94. The third-order valence-electron chi connectivity index (χ3n) is 5.68. The zero-order valence-corrected chi connectivity index (χ0v) is 18.7. The van der Waals surface area contributed by atoms with Crippen LogP contribution in [0.25, 0.3) is 11.0 Å². The zero-order valence-electron chi connectivity index (χ0n) is 18.7. The number of nitrogens with zero attached hydrogens (tertiary/aromatic N) is 5. The number of carbonyl (C=O) groups is 1. The fraction of sp³-hybridized carbons (Fsp3) is 0.280. The van der Waals surface area contributed by atoms with Crippen LogP contribution in [0.2, 0.25) is 0 Å². The third kappa shape index (κ3) is 5.19. The van der Waals surface area contributed by atoms with Gasteiger partial charge in [0.05, 0.1) is 22.7 Å². The number of nitriles is 1. The van der Waals surface area contributed by atoms with E-state index in [0.29, 0.717) is 48.7 Å². The SMILES string of the molecule is C=CCOC(=O)[C@H](C#N)c1nc2ccccc2nc1N1CCN(c2cccc(C(F)(F)F)c2)CC1. The molecule has 3 aromatic rings. The van der Waals surface area contributed by atoms with Gasteiger partial charge in [0.2, 0.25) is 0 Å². The molecule has 1 fully saturated rings. The van der Waals surface area contributed by atoms with E-state index in [1.165, 1.54) is 12.1 Å². The second kappa shape index (κ2) is 10.0. The number of para-hydroxylation sites is 2. The number of hydrogen-bond acceptors (Lipinski definition) is 7. The molecule has 0 aliphatic carbocycles. The van der Waals surface area contributed by atoms with Gasteiger partial charge in [0.25, 0.3) is 0 Å². The number of hydrogen-bond donors (Lipinski definition) is 0. The van der Waals surface area contributed by atoms with Crippen LogP contribution in [0.3, 0.4) is 0 Å². The lowest BCUT2D eigenvalue weighted by Crippen LogP contribution is -2.47. The highest BCUT2D eigenvalue weighted by Gasteiger charge is 2.33. The molecule has 180 valence electrons.